The van der Waals surface area contributed by atoms with Crippen LogP contribution in [0, 0.1) is 0 Å². The topological polar surface area (TPSA) is 84.9 Å². The number of rotatable bonds is 2. The molecule has 0 spiro atoms. The fourth-order valence-electron chi connectivity index (χ4n) is 1.66. The molecular weight excluding hydrogens is 206 g/mol. The number of H-pyrrole nitrogens is 1. The Kier molecular flexibility index (Phi) is 2.52. The van der Waals surface area contributed by atoms with Crippen molar-refractivity contribution in [1.29, 1.82) is 0 Å². The van der Waals surface area contributed by atoms with Gasteiger partial charge in [-0.25, -0.2) is 0 Å². The Balaban J connectivity index is 2.60. The summed E-state index contributed by atoms with van der Waals surface area (Å²) < 4.78 is 5.17. The SMILES string of the molecule is CC(C)c1c(N)noc1-c1cc[nH]c(=O)c1. The molecule has 0 amide bonds. The molecule has 0 aliphatic carbocycles. The van der Waals surface area contributed by atoms with E-state index in [1.807, 2.05) is 13.8 Å². The molecular formula is C11H13N3O2. The molecule has 16 heavy (non-hydrogen) atoms. The van der Waals surface area contributed by atoms with Crippen LogP contribution in [0.4, 0.5) is 5.82 Å². The van der Waals surface area contributed by atoms with Crippen LogP contribution in [0.5, 0.6) is 0 Å². The standard InChI is InChI=1S/C11H13N3O2/c1-6(2)9-10(16-14-11(9)12)7-3-4-13-8(15)5-7/h3-6H,1-2H3,(H2,12,14)(H,13,15). The lowest BCUT2D eigenvalue weighted by Gasteiger charge is -2.04. The second-order valence-electron chi connectivity index (χ2n) is 3.91. The number of nitrogens with one attached hydrogen (secondary N) is 1. The highest BCUT2D eigenvalue weighted by Gasteiger charge is 2.18. The zero-order valence-corrected chi connectivity index (χ0v) is 9.15. The van der Waals surface area contributed by atoms with Gasteiger partial charge < -0.3 is 15.2 Å². The van der Waals surface area contributed by atoms with E-state index in [-0.39, 0.29) is 11.5 Å². The van der Waals surface area contributed by atoms with E-state index in [2.05, 4.69) is 10.1 Å². The van der Waals surface area contributed by atoms with Gasteiger partial charge in [0.25, 0.3) is 0 Å². The molecule has 5 nitrogen and oxygen atoms in total. The molecule has 84 valence electrons. The monoisotopic (exact) mass is 219 g/mol. The van der Waals surface area contributed by atoms with Gasteiger partial charge in [-0.1, -0.05) is 19.0 Å². The summed E-state index contributed by atoms with van der Waals surface area (Å²) in [5.74, 6) is 1.14. The number of nitrogens with zero attached hydrogens (tertiary/aromatic N) is 1. The van der Waals surface area contributed by atoms with Crippen molar-refractivity contribution >= 4 is 5.82 Å². The van der Waals surface area contributed by atoms with E-state index < -0.39 is 0 Å². The van der Waals surface area contributed by atoms with Gasteiger partial charge in [-0.05, 0) is 12.0 Å². The lowest BCUT2D eigenvalue weighted by Crippen LogP contribution is -2.03. The molecule has 0 saturated heterocycles. The van der Waals surface area contributed by atoms with E-state index in [1.165, 1.54) is 6.07 Å². The summed E-state index contributed by atoms with van der Waals surface area (Å²) in [7, 11) is 0. The van der Waals surface area contributed by atoms with Crippen molar-refractivity contribution in [3.8, 4) is 11.3 Å². The zero-order valence-electron chi connectivity index (χ0n) is 9.15. The van der Waals surface area contributed by atoms with Gasteiger partial charge in [0.1, 0.15) is 0 Å². The lowest BCUT2D eigenvalue weighted by atomic mass is 10.00. The molecule has 0 saturated carbocycles. The van der Waals surface area contributed by atoms with Gasteiger partial charge in [0.2, 0.25) is 5.56 Å². The summed E-state index contributed by atoms with van der Waals surface area (Å²) in [5.41, 5.74) is 7.08. The van der Waals surface area contributed by atoms with Gasteiger partial charge in [-0.2, -0.15) is 0 Å². The second-order valence-corrected chi connectivity index (χ2v) is 3.91. The van der Waals surface area contributed by atoms with Gasteiger partial charge in [0.05, 0.1) is 0 Å². The Morgan fingerprint density at radius 1 is 1.50 bits per heavy atom. The summed E-state index contributed by atoms with van der Waals surface area (Å²) >= 11 is 0. The molecule has 3 N–H and O–H groups in total. The summed E-state index contributed by atoms with van der Waals surface area (Å²) in [5, 5.41) is 3.73. The van der Waals surface area contributed by atoms with E-state index in [0.717, 1.165) is 5.56 Å². The highest BCUT2D eigenvalue weighted by molar-refractivity contribution is 5.66. The van der Waals surface area contributed by atoms with Crippen molar-refractivity contribution < 1.29 is 4.52 Å². The van der Waals surface area contributed by atoms with Crippen LogP contribution in [0.1, 0.15) is 25.3 Å². The van der Waals surface area contributed by atoms with Crippen LogP contribution in [-0.4, -0.2) is 10.1 Å². The van der Waals surface area contributed by atoms with Crippen LogP contribution in [-0.2, 0) is 0 Å². The van der Waals surface area contributed by atoms with Gasteiger partial charge in [-0.15, -0.1) is 0 Å². The quantitative estimate of drug-likeness (QED) is 0.805. The number of hydrogen-bond donors (Lipinski definition) is 2. The first-order chi connectivity index (χ1) is 7.59. The first kappa shape index (κ1) is 10.5. The molecule has 0 aliphatic rings. The van der Waals surface area contributed by atoms with Crippen molar-refractivity contribution in [3.63, 3.8) is 0 Å². The van der Waals surface area contributed by atoms with Crippen molar-refractivity contribution in [1.82, 2.24) is 10.1 Å². The molecule has 0 aromatic carbocycles. The molecule has 0 aliphatic heterocycles. The molecule has 2 aromatic heterocycles. The van der Waals surface area contributed by atoms with Gasteiger partial charge >= 0.3 is 0 Å². The van der Waals surface area contributed by atoms with Crippen LogP contribution >= 0.6 is 0 Å². The van der Waals surface area contributed by atoms with E-state index in [4.69, 9.17) is 10.3 Å². The highest BCUT2D eigenvalue weighted by Crippen LogP contribution is 2.32. The third-order valence-electron chi connectivity index (χ3n) is 2.37. The van der Waals surface area contributed by atoms with E-state index >= 15 is 0 Å². The van der Waals surface area contributed by atoms with Gasteiger partial charge in [0.15, 0.2) is 11.6 Å². The van der Waals surface area contributed by atoms with Crippen LogP contribution < -0.4 is 11.3 Å². The number of pyridine rings is 1. The van der Waals surface area contributed by atoms with Crippen LogP contribution in [0.25, 0.3) is 11.3 Å². The summed E-state index contributed by atoms with van der Waals surface area (Å²) in [6, 6.07) is 3.22. The van der Waals surface area contributed by atoms with Crippen molar-refractivity contribution in [2.75, 3.05) is 5.73 Å². The first-order valence-corrected chi connectivity index (χ1v) is 5.03. The predicted octanol–water partition coefficient (Wildman–Crippen LogP) is 1.74. The van der Waals surface area contributed by atoms with Crippen molar-refractivity contribution in [3.05, 3.63) is 34.2 Å². The smallest absolute Gasteiger partial charge is 0.248 e. The number of hydrogen-bond acceptors (Lipinski definition) is 4. The summed E-state index contributed by atoms with van der Waals surface area (Å²) in [6.07, 6.45) is 1.57. The highest BCUT2D eigenvalue weighted by atomic mass is 16.5. The van der Waals surface area contributed by atoms with E-state index in [1.54, 1.807) is 12.3 Å². The largest absolute Gasteiger partial charge is 0.381 e. The maximum atomic E-state index is 11.2. The predicted molar refractivity (Wildman–Crippen MR) is 61.1 cm³/mol. The Morgan fingerprint density at radius 2 is 2.25 bits per heavy atom. The third-order valence-corrected chi connectivity index (χ3v) is 2.37. The van der Waals surface area contributed by atoms with Crippen LogP contribution in [0.3, 0.4) is 0 Å². The fourth-order valence-corrected chi connectivity index (χ4v) is 1.66. The molecule has 0 unspecified atom stereocenters. The van der Waals surface area contributed by atoms with Gasteiger partial charge in [0, 0.05) is 23.4 Å². The molecule has 0 atom stereocenters. The van der Waals surface area contributed by atoms with E-state index in [0.29, 0.717) is 17.1 Å². The van der Waals surface area contributed by atoms with Crippen molar-refractivity contribution in [2.45, 2.75) is 19.8 Å². The molecule has 0 radical (unpaired) electrons. The number of aromatic amines is 1. The zero-order chi connectivity index (χ0) is 11.7. The maximum Gasteiger partial charge on any atom is 0.248 e. The van der Waals surface area contributed by atoms with Crippen LogP contribution in [0.15, 0.2) is 27.6 Å². The molecule has 2 heterocycles. The Bertz CT molecular complexity index is 554. The average molecular weight is 219 g/mol. The fraction of sp³-hybridized carbons (Fsp3) is 0.273. The Labute approximate surface area is 92.3 Å². The molecule has 0 fully saturated rings. The molecule has 5 heteroatoms. The Morgan fingerprint density at radius 3 is 2.88 bits per heavy atom. The number of anilines is 1. The molecule has 2 rings (SSSR count). The first-order valence-electron chi connectivity index (χ1n) is 5.03. The minimum Gasteiger partial charge on any atom is -0.381 e. The second kappa shape index (κ2) is 3.84. The lowest BCUT2D eigenvalue weighted by molar-refractivity contribution is 0.434. The maximum absolute atomic E-state index is 11.2. The number of aromatic nitrogens is 2. The minimum absolute atomic E-state index is 0.179. The minimum atomic E-state index is -0.179. The number of nitrogens with two attached hydrogens (primary N) is 1. The van der Waals surface area contributed by atoms with Gasteiger partial charge in [-0.3, -0.25) is 4.79 Å². The molecule has 2 aromatic rings. The van der Waals surface area contributed by atoms with E-state index in [9.17, 15) is 4.79 Å². The Hall–Kier alpha value is -2.04. The normalized spacial score (nSPS) is 10.9. The van der Waals surface area contributed by atoms with Crippen molar-refractivity contribution in [2.24, 2.45) is 0 Å². The summed E-state index contributed by atoms with van der Waals surface area (Å²) in [4.78, 5) is 13.8. The average Bonchev–Trinajstić information content (AvgIpc) is 2.60. The molecule has 0 bridgehead atoms. The number of nitrogen functional groups attached to an aromatic ring is 1. The van der Waals surface area contributed by atoms with Crippen LogP contribution in [0.2, 0.25) is 0 Å². The third kappa shape index (κ3) is 1.71. The summed E-state index contributed by atoms with van der Waals surface area (Å²) in [6.45, 7) is 4.00.